The molecule has 0 radical (unpaired) electrons. The first kappa shape index (κ1) is 15.8. The molecule has 1 heterocycles. The number of carboxylic acids is 1. The highest BCUT2D eigenvalue weighted by Gasteiger charge is 2.32. The smallest absolute Gasteiger partial charge is 0.317 e. The molecule has 6 heteroatoms. The van der Waals surface area contributed by atoms with Gasteiger partial charge in [-0.1, -0.05) is 13.0 Å². The Hall–Kier alpha value is -1.56. The van der Waals surface area contributed by atoms with Gasteiger partial charge in [-0.05, 0) is 36.6 Å². The Morgan fingerprint density at radius 2 is 2.29 bits per heavy atom. The highest BCUT2D eigenvalue weighted by molar-refractivity contribution is 7.09. The van der Waals surface area contributed by atoms with Crippen LogP contribution in [0.2, 0.25) is 0 Å². The molecule has 0 bridgehead atoms. The van der Waals surface area contributed by atoms with E-state index in [2.05, 4.69) is 5.32 Å². The van der Waals surface area contributed by atoms with Gasteiger partial charge >= 0.3 is 12.0 Å². The fourth-order valence-corrected chi connectivity index (χ4v) is 2.86. The van der Waals surface area contributed by atoms with Crippen LogP contribution in [0, 0.1) is 5.92 Å². The Bertz CT molecular complexity index is 471. The van der Waals surface area contributed by atoms with Gasteiger partial charge in [-0.15, -0.1) is 11.3 Å². The minimum Gasteiger partial charge on any atom is -0.481 e. The number of nitrogens with zero attached hydrogens (tertiary/aromatic N) is 1. The van der Waals surface area contributed by atoms with Crippen LogP contribution in [0.25, 0.3) is 0 Å². The number of carbonyl (C=O) groups excluding carboxylic acids is 1. The standard InChI is InChI=1S/C15H22N2O3S/c1-11(4-7-14(18)19)9-16-15(20)17(12-5-6-12)10-13-3-2-8-21-13/h2-3,8,11-12H,4-7,9-10H2,1H3,(H,16,20)(H,18,19). The molecule has 21 heavy (non-hydrogen) atoms. The van der Waals surface area contributed by atoms with E-state index in [-0.39, 0.29) is 18.4 Å². The van der Waals surface area contributed by atoms with Crippen molar-refractivity contribution in [2.45, 2.75) is 45.2 Å². The molecule has 0 spiro atoms. The highest BCUT2D eigenvalue weighted by Crippen LogP contribution is 2.29. The lowest BCUT2D eigenvalue weighted by Crippen LogP contribution is -2.42. The van der Waals surface area contributed by atoms with Gasteiger partial charge in [0.2, 0.25) is 0 Å². The van der Waals surface area contributed by atoms with Crippen LogP contribution < -0.4 is 5.32 Å². The maximum atomic E-state index is 12.3. The molecule has 1 unspecified atom stereocenters. The minimum absolute atomic E-state index is 0.0342. The maximum absolute atomic E-state index is 12.3. The van der Waals surface area contributed by atoms with E-state index in [9.17, 15) is 9.59 Å². The Morgan fingerprint density at radius 3 is 2.86 bits per heavy atom. The molecule has 2 N–H and O–H groups in total. The van der Waals surface area contributed by atoms with Crippen molar-refractivity contribution in [1.82, 2.24) is 10.2 Å². The summed E-state index contributed by atoms with van der Waals surface area (Å²) in [5.74, 6) is -0.613. The van der Waals surface area contributed by atoms with E-state index in [0.717, 1.165) is 12.8 Å². The minimum atomic E-state index is -0.787. The molecule has 5 nitrogen and oxygen atoms in total. The van der Waals surface area contributed by atoms with E-state index in [4.69, 9.17) is 5.11 Å². The molecular formula is C15H22N2O3S. The van der Waals surface area contributed by atoms with Crippen molar-refractivity contribution in [3.8, 4) is 0 Å². The lowest BCUT2D eigenvalue weighted by molar-refractivity contribution is -0.137. The van der Waals surface area contributed by atoms with Gasteiger partial charge in [0.25, 0.3) is 0 Å². The molecule has 116 valence electrons. The molecule has 1 atom stereocenters. The van der Waals surface area contributed by atoms with E-state index in [0.29, 0.717) is 25.6 Å². The Morgan fingerprint density at radius 1 is 1.52 bits per heavy atom. The quantitative estimate of drug-likeness (QED) is 0.775. The number of thiophene rings is 1. The first-order valence-corrected chi connectivity index (χ1v) is 8.23. The van der Waals surface area contributed by atoms with E-state index < -0.39 is 5.97 Å². The molecular weight excluding hydrogens is 288 g/mol. The number of aliphatic carboxylic acids is 1. The zero-order valence-corrected chi connectivity index (χ0v) is 13.1. The second-order valence-corrected chi connectivity index (χ2v) is 6.69. The summed E-state index contributed by atoms with van der Waals surface area (Å²) in [7, 11) is 0. The van der Waals surface area contributed by atoms with Crippen molar-refractivity contribution < 1.29 is 14.7 Å². The molecule has 1 fully saturated rings. The van der Waals surface area contributed by atoms with E-state index in [1.54, 1.807) is 11.3 Å². The van der Waals surface area contributed by atoms with Crippen LogP contribution in [0.5, 0.6) is 0 Å². The zero-order valence-electron chi connectivity index (χ0n) is 12.2. The van der Waals surface area contributed by atoms with Gasteiger partial charge in [0.1, 0.15) is 0 Å². The number of carbonyl (C=O) groups is 2. The molecule has 0 saturated heterocycles. The van der Waals surface area contributed by atoms with Crippen molar-refractivity contribution in [2.75, 3.05) is 6.54 Å². The van der Waals surface area contributed by atoms with Crippen molar-refractivity contribution in [1.29, 1.82) is 0 Å². The Labute approximate surface area is 129 Å². The zero-order chi connectivity index (χ0) is 15.2. The van der Waals surface area contributed by atoms with Crippen LogP contribution in [0.4, 0.5) is 4.79 Å². The summed E-state index contributed by atoms with van der Waals surface area (Å²) in [6.45, 7) is 3.15. The molecule has 1 aromatic rings. The summed E-state index contributed by atoms with van der Waals surface area (Å²) < 4.78 is 0. The second kappa shape index (κ2) is 7.45. The number of hydrogen-bond acceptors (Lipinski definition) is 3. The molecule has 1 aliphatic rings. The van der Waals surface area contributed by atoms with E-state index >= 15 is 0 Å². The molecule has 2 amide bonds. The van der Waals surface area contributed by atoms with Crippen LogP contribution in [0.15, 0.2) is 17.5 Å². The second-order valence-electron chi connectivity index (χ2n) is 5.66. The average Bonchev–Trinajstić information content (AvgIpc) is 3.16. The summed E-state index contributed by atoms with van der Waals surface area (Å²) in [5, 5.41) is 13.6. The largest absolute Gasteiger partial charge is 0.481 e. The van der Waals surface area contributed by atoms with Gasteiger partial charge in [0.15, 0.2) is 0 Å². The third-order valence-corrected chi connectivity index (χ3v) is 4.47. The number of rotatable bonds is 8. The van der Waals surface area contributed by atoms with Gasteiger partial charge < -0.3 is 15.3 Å². The van der Waals surface area contributed by atoms with Crippen molar-refractivity contribution in [2.24, 2.45) is 5.92 Å². The SMILES string of the molecule is CC(CCC(=O)O)CNC(=O)N(Cc1cccs1)C1CC1. The number of urea groups is 1. The summed E-state index contributed by atoms with van der Waals surface area (Å²) in [6, 6.07) is 4.37. The normalized spacial score (nSPS) is 15.5. The molecule has 1 aromatic heterocycles. The Balaban J connectivity index is 1.78. The molecule has 2 rings (SSSR count). The fraction of sp³-hybridized carbons (Fsp3) is 0.600. The van der Waals surface area contributed by atoms with Gasteiger partial charge in [-0.25, -0.2) is 4.79 Å². The van der Waals surface area contributed by atoms with Crippen LogP contribution >= 0.6 is 11.3 Å². The van der Waals surface area contributed by atoms with Crippen LogP contribution in [-0.2, 0) is 11.3 Å². The van der Waals surface area contributed by atoms with Gasteiger partial charge in [-0.3, -0.25) is 4.79 Å². The fourth-order valence-electron chi connectivity index (χ4n) is 2.16. The summed E-state index contributed by atoms with van der Waals surface area (Å²) in [4.78, 5) is 25.9. The third-order valence-electron chi connectivity index (χ3n) is 3.61. The molecule has 1 aliphatic carbocycles. The van der Waals surface area contributed by atoms with Crippen molar-refractivity contribution in [3.05, 3.63) is 22.4 Å². The van der Waals surface area contributed by atoms with Crippen LogP contribution in [-0.4, -0.2) is 34.6 Å². The van der Waals surface area contributed by atoms with E-state index in [1.807, 2.05) is 29.3 Å². The first-order valence-electron chi connectivity index (χ1n) is 7.35. The average molecular weight is 310 g/mol. The Kier molecular flexibility index (Phi) is 5.61. The van der Waals surface area contributed by atoms with E-state index in [1.165, 1.54) is 4.88 Å². The lowest BCUT2D eigenvalue weighted by atomic mass is 10.1. The van der Waals surface area contributed by atoms with Crippen molar-refractivity contribution in [3.63, 3.8) is 0 Å². The molecule has 0 aliphatic heterocycles. The third kappa shape index (κ3) is 5.38. The van der Waals surface area contributed by atoms with Gasteiger partial charge in [0, 0.05) is 23.9 Å². The summed E-state index contributed by atoms with van der Waals surface area (Å²) >= 11 is 1.66. The maximum Gasteiger partial charge on any atom is 0.317 e. The van der Waals surface area contributed by atoms with Gasteiger partial charge in [-0.2, -0.15) is 0 Å². The predicted octanol–water partition coefficient (Wildman–Crippen LogP) is 2.92. The lowest BCUT2D eigenvalue weighted by Gasteiger charge is -2.23. The number of amides is 2. The van der Waals surface area contributed by atoms with Crippen LogP contribution in [0.1, 0.15) is 37.5 Å². The molecule has 1 saturated carbocycles. The molecule has 0 aromatic carbocycles. The predicted molar refractivity (Wildman–Crippen MR) is 82.3 cm³/mol. The number of carboxylic acid groups (broad SMARTS) is 1. The number of hydrogen-bond donors (Lipinski definition) is 2. The van der Waals surface area contributed by atoms with Crippen molar-refractivity contribution >= 4 is 23.3 Å². The monoisotopic (exact) mass is 310 g/mol. The van der Waals surface area contributed by atoms with Crippen LogP contribution in [0.3, 0.4) is 0 Å². The number of nitrogens with one attached hydrogen (secondary N) is 1. The highest BCUT2D eigenvalue weighted by atomic mass is 32.1. The first-order chi connectivity index (χ1) is 10.1. The summed E-state index contributed by atoms with van der Waals surface area (Å²) in [5.41, 5.74) is 0. The van der Waals surface area contributed by atoms with Gasteiger partial charge in [0.05, 0.1) is 6.54 Å². The summed E-state index contributed by atoms with van der Waals surface area (Å²) in [6.07, 6.45) is 2.89. The topological polar surface area (TPSA) is 69.6 Å².